The molecule has 0 fully saturated rings. The molecule has 0 aromatic carbocycles. The Morgan fingerprint density at radius 3 is 2.80 bits per heavy atom. The molecular formula is C14H21N3O2S. The largest absolute Gasteiger partial charge is 0.342 e. The number of carbonyl (C=O) groups excluding carboxylic acids is 1. The number of nitrogens with zero attached hydrogens (tertiary/aromatic N) is 3. The quantitative estimate of drug-likeness (QED) is 0.775. The summed E-state index contributed by atoms with van der Waals surface area (Å²) in [5.74, 6) is 0.759. The second-order valence-electron chi connectivity index (χ2n) is 5.01. The first-order valence-corrected chi connectivity index (χ1v) is 8.13. The van der Waals surface area contributed by atoms with Crippen molar-refractivity contribution in [2.45, 2.75) is 38.4 Å². The van der Waals surface area contributed by atoms with Gasteiger partial charge in [0.05, 0.1) is 5.92 Å². The zero-order valence-corrected chi connectivity index (χ0v) is 12.9. The van der Waals surface area contributed by atoms with Gasteiger partial charge in [0.1, 0.15) is 0 Å². The van der Waals surface area contributed by atoms with Gasteiger partial charge in [-0.05, 0) is 12.8 Å². The summed E-state index contributed by atoms with van der Waals surface area (Å²) in [6.07, 6.45) is 3.46. The van der Waals surface area contributed by atoms with E-state index in [0.29, 0.717) is 12.3 Å². The zero-order valence-electron chi connectivity index (χ0n) is 12.0. The van der Waals surface area contributed by atoms with Crippen molar-refractivity contribution in [1.29, 1.82) is 0 Å². The number of hydrogen-bond donors (Lipinski definition) is 0. The van der Waals surface area contributed by atoms with Crippen LogP contribution in [0.1, 0.15) is 26.7 Å². The predicted molar refractivity (Wildman–Crippen MR) is 79.9 cm³/mol. The minimum Gasteiger partial charge on any atom is -0.342 e. The number of thioether (sulfide) groups is 1. The van der Waals surface area contributed by atoms with Crippen LogP contribution in [0.5, 0.6) is 0 Å². The fraction of sp³-hybridized carbons (Fsp3) is 0.643. The van der Waals surface area contributed by atoms with Gasteiger partial charge >= 0.3 is 0 Å². The minimum atomic E-state index is -0.118. The van der Waals surface area contributed by atoms with Crippen molar-refractivity contribution in [1.82, 2.24) is 14.5 Å². The minimum absolute atomic E-state index is 0.0717. The smallest absolute Gasteiger partial charge is 0.254 e. The van der Waals surface area contributed by atoms with Crippen molar-refractivity contribution in [3.63, 3.8) is 0 Å². The molecule has 0 bridgehead atoms. The molecule has 110 valence electrons. The molecule has 0 N–H and O–H groups in total. The lowest BCUT2D eigenvalue weighted by Gasteiger charge is -2.29. The van der Waals surface area contributed by atoms with E-state index in [-0.39, 0.29) is 17.4 Å². The topological polar surface area (TPSA) is 55.2 Å². The summed E-state index contributed by atoms with van der Waals surface area (Å²) >= 11 is 1.50. The Hall–Kier alpha value is -1.30. The van der Waals surface area contributed by atoms with Crippen LogP contribution in [-0.4, -0.2) is 39.2 Å². The van der Waals surface area contributed by atoms with Gasteiger partial charge in [0.2, 0.25) is 5.91 Å². The Morgan fingerprint density at radius 2 is 2.15 bits per heavy atom. The van der Waals surface area contributed by atoms with Gasteiger partial charge < -0.3 is 4.90 Å². The fourth-order valence-corrected chi connectivity index (χ4v) is 3.48. The molecule has 1 aromatic rings. The predicted octanol–water partition coefficient (Wildman–Crippen LogP) is 1.61. The van der Waals surface area contributed by atoms with E-state index in [1.54, 1.807) is 4.57 Å². The fourth-order valence-electron chi connectivity index (χ4n) is 2.43. The summed E-state index contributed by atoms with van der Waals surface area (Å²) in [6.45, 7) is 6.20. The highest BCUT2D eigenvalue weighted by Crippen LogP contribution is 2.25. The molecule has 20 heavy (non-hydrogen) atoms. The van der Waals surface area contributed by atoms with Crippen molar-refractivity contribution in [3.8, 4) is 0 Å². The lowest BCUT2D eigenvalue weighted by atomic mass is 10.1. The van der Waals surface area contributed by atoms with Crippen LogP contribution >= 0.6 is 11.8 Å². The van der Waals surface area contributed by atoms with E-state index in [0.717, 1.165) is 31.1 Å². The number of hydrogen-bond acceptors (Lipinski definition) is 4. The van der Waals surface area contributed by atoms with Crippen molar-refractivity contribution in [3.05, 3.63) is 22.6 Å². The molecule has 0 aliphatic carbocycles. The van der Waals surface area contributed by atoms with E-state index >= 15 is 0 Å². The third-order valence-corrected chi connectivity index (χ3v) is 4.52. The van der Waals surface area contributed by atoms with E-state index < -0.39 is 0 Å². The van der Waals surface area contributed by atoms with E-state index in [4.69, 9.17) is 0 Å². The molecule has 5 nitrogen and oxygen atoms in total. The van der Waals surface area contributed by atoms with Gasteiger partial charge in [-0.3, -0.25) is 14.2 Å². The number of aromatic nitrogens is 2. The van der Waals surface area contributed by atoms with Gasteiger partial charge in [-0.1, -0.05) is 25.6 Å². The van der Waals surface area contributed by atoms with Crippen molar-refractivity contribution in [2.75, 3.05) is 18.8 Å². The van der Waals surface area contributed by atoms with Crippen LogP contribution in [0.25, 0.3) is 0 Å². The second-order valence-corrected chi connectivity index (χ2v) is 6.00. The summed E-state index contributed by atoms with van der Waals surface area (Å²) in [5.41, 5.74) is -0.0717. The van der Waals surface area contributed by atoms with Gasteiger partial charge in [-0.15, -0.1) is 0 Å². The molecule has 1 aliphatic rings. The monoisotopic (exact) mass is 295 g/mol. The first-order chi connectivity index (χ1) is 9.67. The number of rotatable bonds is 5. The standard InChI is InChI=1S/C14H21N3O2S/c1-3-7-16(8-4-2)13(19)11-9-17-12(18)5-6-15-14(17)20-10-11/h5-6,11H,3-4,7-10H2,1-2H3. The maximum atomic E-state index is 12.6. The Bertz CT molecular complexity index is 523. The van der Waals surface area contributed by atoms with Crippen molar-refractivity contribution < 1.29 is 4.79 Å². The summed E-state index contributed by atoms with van der Waals surface area (Å²) in [4.78, 5) is 30.5. The van der Waals surface area contributed by atoms with Gasteiger partial charge in [0.15, 0.2) is 5.16 Å². The summed E-state index contributed by atoms with van der Waals surface area (Å²) in [5, 5.41) is 0.721. The second kappa shape index (κ2) is 6.92. The highest BCUT2D eigenvalue weighted by atomic mass is 32.2. The van der Waals surface area contributed by atoms with Crippen molar-refractivity contribution in [2.24, 2.45) is 5.92 Å². The van der Waals surface area contributed by atoms with Crippen LogP contribution in [0.15, 0.2) is 22.2 Å². The molecule has 0 saturated heterocycles. The number of fused-ring (bicyclic) bond motifs is 1. The summed E-state index contributed by atoms with van der Waals surface area (Å²) in [6, 6.07) is 1.45. The molecule has 1 aliphatic heterocycles. The molecule has 1 amide bonds. The summed E-state index contributed by atoms with van der Waals surface area (Å²) < 4.78 is 1.62. The third-order valence-electron chi connectivity index (χ3n) is 3.36. The molecule has 6 heteroatoms. The first kappa shape index (κ1) is 15.1. The SMILES string of the molecule is CCCN(CCC)C(=O)C1CSc2nccc(=O)n2C1. The van der Waals surface area contributed by atoms with Gasteiger partial charge in [0, 0.05) is 37.7 Å². The maximum absolute atomic E-state index is 12.6. The Kier molecular flexibility index (Phi) is 5.23. The van der Waals surface area contributed by atoms with Crippen LogP contribution < -0.4 is 5.56 Å². The molecule has 2 rings (SSSR count). The molecule has 0 radical (unpaired) electrons. The molecule has 0 saturated carbocycles. The average molecular weight is 295 g/mol. The van der Waals surface area contributed by atoms with E-state index in [9.17, 15) is 9.59 Å². The highest BCUT2D eigenvalue weighted by Gasteiger charge is 2.29. The van der Waals surface area contributed by atoms with Crippen LogP contribution in [0.3, 0.4) is 0 Å². The van der Waals surface area contributed by atoms with Crippen molar-refractivity contribution >= 4 is 17.7 Å². The lowest BCUT2D eigenvalue weighted by Crippen LogP contribution is -2.42. The van der Waals surface area contributed by atoms with E-state index in [1.807, 2.05) is 4.90 Å². The summed E-state index contributed by atoms with van der Waals surface area (Å²) in [7, 11) is 0. The molecule has 1 aromatic heterocycles. The molecule has 2 heterocycles. The molecule has 1 unspecified atom stereocenters. The average Bonchev–Trinajstić information content (AvgIpc) is 2.46. The molecule has 0 spiro atoms. The van der Waals surface area contributed by atoms with Gasteiger partial charge in [-0.2, -0.15) is 0 Å². The lowest BCUT2D eigenvalue weighted by molar-refractivity contribution is -0.135. The number of carbonyl (C=O) groups is 1. The third kappa shape index (κ3) is 3.23. The van der Waals surface area contributed by atoms with Gasteiger partial charge in [-0.25, -0.2) is 4.98 Å². The maximum Gasteiger partial charge on any atom is 0.254 e. The first-order valence-electron chi connectivity index (χ1n) is 7.14. The Balaban J connectivity index is 2.13. The zero-order chi connectivity index (χ0) is 14.5. The van der Waals surface area contributed by atoms with Crippen LogP contribution in [0.2, 0.25) is 0 Å². The number of amides is 1. The highest BCUT2D eigenvalue weighted by molar-refractivity contribution is 7.99. The van der Waals surface area contributed by atoms with E-state index in [2.05, 4.69) is 18.8 Å². The normalized spacial score (nSPS) is 17.6. The molecule has 1 atom stereocenters. The van der Waals surface area contributed by atoms with Crippen LogP contribution in [0.4, 0.5) is 0 Å². The van der Waals surface area contributed by atoms with Crippen LogP contribution in [0, 0.1) is 5.92 Å². The van der Waals surface area contributed by atoms with Crippen LogP contribution in [-0.2, 0) is 11.3 Å². The Morgan fingerprint density at radius 1 is 1.45 bits per heavy atom. The molecular weight excluding hydrogens is 274 g/mol. The van der Waals surface area contributed by atoms with E-state index in [1.165, 1.54) is 24.0 Å². The Labute approximate surface area is 123 Å². The van der Waals surface area contributed by atoms with Gasteiger partial charge in [0.25, 0.3) is 5.56 Å².